The molecule has 2 nitrogen and oxygen atoms in total. The van der Waals surface area contributed by atoms with E-state index in [0.29, 0.717) is 0 Å². The zero-order chi connectivity index (χ0) is 20.6. The summed E-state index contributed by atoms with van der Waals surface area (Å²) < 4.78 is 5.87. The molecule has 3 aromatic carbocycles. The van der Waals surface area contributed by atoms with E-state index in [1.807, 2.05) is 18.3 Å². The van der Waals surface area contributed by atoms with Gasteiger partial charge in [0, 0.05) is 6.21 Å². The number of aliphatic imine (C=N–C) groups is 1. The highest BCUT2D eigenvalue weighted by atomic mass is 16.5. The van der Waals surface area contributed by atoms with Crippen molar-refractivity contribution in [1.82, 2.24) is 0 Å². The number of ether oxygens (including phenoxy) is 1. The molecular formula is C28H31NO. The third-order valence-corrected chi connectivity index (χ3v) is 5.79. The lowest BCUT2D eigenvalue weighted by Gasteiger charge is -2.06. The van der Waals surface area contributed by atoms with Crippen molar-refractivity contribution in [2.75, 3.05) is 6.61 Å². The van der Waals surface area contributed by atoms with Gasteiger partial charge in [0.25, 0.3) is 0 Å². The lowest BCUT2D eigenvalue weighted by atomic mass is 10.1. The van der Waals surface area contributed by atoms with Crippen molar-refractivity contribution < 1.29 is 4.74 Å². The van der Waals surface area contributed by atoms with Gasteiger partial charge in [-0.3, -0.25) is 4.99 Å². The molecule has 3 aromatic rings. The predicted octanol–water partition coefficient (Wildman–Crippen LogP) is 7.75. The first-order valence-corrected chi connectivity index (χ1v) is 11.3. The second-order valence-corrected chi connectivity index (χ2v) is 8.12. The minimum absolute atomic E-state index is 0.802. The molecule has 0 unspecified atom stereocenters. The Bertz CT molecular complexity index is 988. The summed E-state index contributed by atoms with van der Waals surface area (Å²) in [5.41, 5.74) is 7.54. The van der Waals surface area contributed by atoms with Crippen LogP contribution in [-0.2, 0) is 6.42 Å². The molecule has 0 aliphatic heterocycles. The highest BCUT2D eigenvalue weighted by Crippen LogP contribution is 2.38. The largest absolute Gasteiger partial charge is 0.494 e. The van der Waals surface area contributed by atoms with Crippen LogP contribution in [0.5, 0.6) is 5.75 Å². The number of hydrogen-bond acceptors (Lipinski definition) is 2. The maximum Gasteiger partial charge on any atom is 0.119 e. The third-order valence-electron chi connectivity index (χ3n) is 5.79. The summed E-state index contributed by atoms with van der Waals surface area (Å²) in [4.78, 5) is 4.70. The van der Waals surface area contributed by atoms with Gasteiger partial charge in [-0.1, -0.05) is 69.4 Å². The Hall–Kier alpha value is -2.87. The maximum absolute atomic E-state index is 5.87. The van der Waals surface area contributed by atoms with Crippen LogP contribution in [0.2, 0.25) is 0 Å². The van der Waals surface area contributed by atoms with E-state index in [0.717, 1.165) is 36.4 Å². The van der Waals surface area contributed by atoms with E-state index in [1.54, 1.807) is 0 Å². The van der Waals surface area contributed by atoms with Crippen LogP contribution in [0.4, 0.5) is 5.69 Å². The maximum atomic E-state index is 5.87. The van der Waals surface area contributed by atoms with E-state index in [1.165, 1.54) is 54.4 Å². The van der Waals surface area contributed by atoms with Gasteiger partial charge in [0.15, 0.2) is 0 Å². The molecule has 0 bridgehead atoms. The minimum Gasteiger partial charge on any atom is -0.494 e. The lowest BCUT2D eigenvalue weighted by molar-refractivity contribution is 0.304. The van der Waals surface area contributed by atoms with Crippen molar-refractivity contribution in [2.45, 2.75) is 51.9 Å². The summed E-state index contributed by atoms with van der Waals surface area (Å²) in [6.07, 6.45) is 10.7. The minimum atomic E-state index is 0.802. The molecule has 0 aromatic heterocycles. The Balaban J connectivity index is 1.30. The highest BCUT2D eigenvalue weighted by Gasteiger charge is 2.17. The first kappa shape index (κ1) is 20.4. The summed E-state index contributed by atoms with van der Waals surface area (Å²) in [5.74, 6) is 0.940. The standard InChI is InChI=1S/C28H31NO/c1-2-3-4-5-6-9-18-30-26-16-12-22(13-17-26)21-29-25-15-14-24-19-23-10-7-8-11-27(23)28(24)20-25/h7-8,10-17,20-21H,2-6,9,18-19H2,1H3. The van der Waals surface area contributed by atoms with Crippen LogP contribution < -0.4 is 4.74 Å². The normalized spacial score (nSPS) is 12.2. The van der Waals surface area contributed by atoms with Gasteiger partial charge in [-0.25, -0.2) is 0 Å². The first-order valence-electron chi connectivity index (χ1n) is 11.3. The van der Waals surface area contributed by atoms with Crippen LogP contribution >= 0.6 is 0 Å². The average Bonchev–Trinajstić information content (AvgIpc) is 3.16. The zero-order valence-electron chi connectivity index (χ0n) is 17.9. The molecule has 0 fully saturated rings. The van der Waals surface area contributed by atoms with Gasteiger partial charge in [0.2, 0.25) is 0 Å². The molecule has 4 rings (SSSR count). The van der Waals surface area contributed by atoms with Crippen LogP contribution in [0.1, 0.15) is 62.1 Å². The number of benzene rings is 3. The zero-order valence-corrected chi connectivity index (χ0v) is 17.9. The fourth-order valence-electron chi connectivity index (χ4n) is 4.06. The average molecular weight is 398 g/mol. The second kappa shape index (κ2) is 10.2. The van der Waals surface area contributed by atoms with Crippen molar-refractivity contribution in [3.05, 3.63) is 83.4 Å². The van der Waals surface area contributed by atoms with E-state index >= 15 is 0 Å². The van der Waals surface area contributed by atoms with Gasteiger partial charge in [-0.15, -0.1) is 0 Å². The highest BCUT2D eigenvalue weighted by molar-refractivity contribution is 5.84. The molecule has 0 spiro atoms. The second-order valence-electron chi connectivity index (χ2n) is 8.12. The summed E-state index contributed by atoms with van der Waals surface area (Å²) >= 11 is 0. The van der Waals surface area contributed by atoms with Gasteiger partial charge >= 0.3 is 0 Å². The summed E-state index contributed by atoms with van der Waals surface area (Å²) in [6, 6.07) is 23.4. The predicted molar refractivity (Wildman–Crippen MR) is 127 cm³/mol. The fraction of sp³-hybridized carbons (Fsp3) is 0.321. The van der Waals surface area contributed by atoms with E-state index in [4.69, 9.17) is 9.73 Å². The number of nitrogens with zero attached hydrogens (tertiary/aromatic N) is 1. The van der Waals surface area contributed by atoms with E-state index in [2.05, 4.69) is 61.5 Å². The number of rotatable bonds is 10. The van der Waals surface area contributed by atoms with Gasteiger partial charge < -0.3 is 4.74 Å². The molecule has 0 heterocycles. The van der Waals surface area contributed by atoms with Gasteiger partial charge in [-0.05, 0) is 77.1 Å². The number of unbranched alkanes of at least 4 members (excludes halogenated alkanes) is 5. The molecular weight excluding hydrogens is 366 g/mol. The molecule has 2 heteroatoms. The molecule has 1 aliphatic rings. The number of fused-ring (bicyclic) bond motifs is 3. The topological polar surface area (TPSA) is 21.6 Å². The Kier molecular flexibility index (Phi) is 6.97. The quantitative estimate of drug-likeness (QED) is 0.198. The molecule has 0 N–H and O–H groups in total. The Morgan fingerprint density at radius 2 is 1.57 bits per heavy atom. The number of hydrogen-bond donors (Lipinski definition) is 0. The molecule has 0 atom stereocenters. The van der Waals surface area contributed by atoms with E-state index in [-0.39, 0.29) is 0 Å². The monoisotopic (exact) mass is 397 g/mol. The van der Waals surface area contributed by atoms with Crippen molar-refractivity contribution in [3.8, 4) is 16.9 Å². The Morgan fingerprint density at radius 1 is 0.800 bits per heavy atom. The first-order chi connectivity index (χ1) is 14.8. The SMILES string of the molecule is CCCCCCCCOc1ccc(C=Nc2ccc3c(c2)-c2ccccc2C3)cc1. The molecule has 0 radical (unpaired) electrons. The molecule has 0 saturated carbocycles. The van der Waals surface area contributed by atoms with Crippen LogP contribution in [0.25, 0.3) is 11.1 Å². The van der Waals surface area contributed by atoms with Crippen LogP contribution in [0.15, 0.2) is 71.7 Å². The van der Waals surface area contributed by atoms with Gasteiger partial charge in [0.1, 0.15) is 5.75 Å². The summed E-state index contributed by atoms with van der Waals surface area (Å²) in [7, 11) is 0. The molecule has 0 saturated heterocycles. The Morgan fingerprint density at radius 3 is 2.43 bits per heavy atom. The van der Waals surface area contributed by atoms with Crippen molar-refractivity contribution in [2.24, 2.45) is 4.99 Å². The van der Waals surface area contributed by atoms with Crippen molar-refractivity contribution in [3.63, 3.8) is 0 Å². The lowest BCUT2D eigenvalue weighted by Crippen LogP contribution is -1.97. The molecule has 0 amide bonds. The third kappa shape index (κ3) is 5.18. The van der Waals surface area contributed by atoms with E-state index in [9.17, 15) is 0 Å². The summed E-state index contributed by atoms with van der Waals surface area (Å²) in [5, 5.41) is 0. The van der Waals surface area contributed by atoms with Crippen LogP contribution in [-0.4, -0.2) is 12.8 Å². The van der Waals surface area contributed by atoms with E-state index < -0.39 is 0 Å². The summed E-state index contributed by atoms with van der Waals surface area (Å²) in [6.45, 7) is 3.05. The fourth-order valence-corrected chi connectivity index (χ4v) is 4.06. The van der Waals surface area contributed by atoms with Crippen LogP contribution in [0.3, 0.4) is 0 Å². The van der Waals surface area contributed by atoms with Gasteiger partial charge in [0.05, 0.1) is 12.3 Å². The Labute approximate surface area is 180 Å². The van der Waals surface area contributed by atoms with Crippen LogP contribution in [0, 0.1) is 0 Å². The molecule has 154 valence electrons. The van der Waals surface area contributed by atoms with Crippen molar-refractivity contribution in [1.29, 1.82) is 0 Å². The van der Waals surface area contributed by atoms with Gasteiger partial charge in [-0.2, -0.15) is 0 Å². The van der Waals surface area contributed by atoms with Crippen molar-refractivity contribution >= 4 is 11.9 Å². The smallest absolute Gasteiger partial charge is 0.119 e. The molecule has 30 heavy (non-hydrogen) atoms. The molecule has 1 aliphatic carbocycles.